The summed E-state index contributed by atoms with van der Waals surface area (Å²) < 4.78 is 23.7. The second kappa shape index (κ2) is 14.8. The maximum Gasteiger partial charge on any atom is 0.323 e. The quantitative estimate of drug-likeness (QED) is 0.131. The van der Waals surface area contributed by atoms with E-state index in [0.29, 0.717) is 63.5 Å². The number of carbonyl (C=O) groups excluding carboxylic acids is 1. The fourth-order valence-corrected chi connectivity index (χ4v) is 5.41. The molecule has 0 saturated carbocycles. The highest BCUT2D eigenvalue weighted by Gasteiger charge is 2.16. The number of methoxy groups -OCH3 is 1. The Kier molecular flexibility index (Phi) is 9.97. The molecule has 236 valence electrons. The minimum absolute atomic E-state index is 0.280. The zero-order valence-electron chi connectivity index (χ0n) is 25.4. The van der Waals surface area contributed by atoms with E-state index >= 15 is 0 Å². The number of likely N-dealkylation sites (tertiary alicyclic amines) is 1. The molecule has 0 aliphatic carbocycles. The highest BCUT2D eigenvalue weighted by Crippen LogP contribution is 2.37. The molecule has 0 spiro atoms. The van der Waals surface area contributed by atoms with Gasteiger partial charge in [-0.2, -0.15) is 0 Å². The molecule has 4 aromatic carbocycles. The van der Waals surface area contributed by atoms with Crippen molar-refractivity contribution in [2.24, 2.45) is 0 Å². The normalized spacial score (nSPS) is 12.9. The van der Waals surface area contributed by atoms with Gasteiger partial charge < -0.3 is 34.5 Å². The van der Waals surface area contributed by atoms with Crippen LogP contribution < -0.4 is 29.6 Å². The van der Waals surface area contributed by atoms with E-state index < -0.39 is 6.03 Å². The second-order valence-corrected chi connectivity index (χ2v) is 11.1. The van der Waals surface area contributed by atoms with Crippen molar-refractivity contribution in [3.63, 3.8) is 0 Å². The number of amides is 2. The van der Waals surface area contributed by atoms with Gasteiger partial charge >= 0.3 is 6.03 Å². The summed E-state index contributed by atoms with van der Waals surface area (Å²) in [5, 5.41) is 6.53. The number of anilines is 2. The van der Waals surface area contributed by atoms with Crippen LogP contribution in [0.4, 0.5) is 16.2 Å². The Morgan fingerprint density at radius 1 is 0.826 bits per heavy atom. The van der Waals surface area contributed by atoms with Crippen molar-refractivity contribution in [3.05, 3.63) is 96.3 Å². The van der Waals surface area contributed by atoms with E-state index in [1.807, 2.05) is 54.6 Å². The van der Waals surface area contributed by atoms with Crippen LogP contribution in [-0.4, -0.2) is 54.2 Å². The Balaban J connectivity index is 1.10. The molecule has 2 amide bonds. The molecule has 2 heterocycles. The van der Waals surface area contributed by atoms with Crippen LogP contribution in [0.3, 0.4) is 0 Å². The number of rotatable bonds is 12. The number of fused-ring (bicyclic) bond motifs is 1. The zero-order valence-corrected chi connectivity index (χ0v) is 26.1. The summed E-state index contributed by atoms with van der Waals surface area (Å²) in [7, 11) is 1.60. The fraction of sp³-hybridized carbons (Fsp3) is 0.229. The minimum atomic E-state index is -0.484. The van der Waals surface area contributed by atoms with Gasteiger partial charge in [0.1, 0.15) is 17.8 Å². The van der Waals surface area contributed by atoms with Crippen LogP contribution in [0, 0.1) is 0 Å². The summed E-state index contributed by atoms with van der Waals surface area (Å²) in [4.78, 5) is 24.1. The maximum absolute atomic E-state index is 12.9. The van der Waals surface area contributed by atoms with Crippen LogP contribution in [0.25, 0.3) is 10.9 Å². The van der Waals surface area contributed by atoms with Gasteiger partial charge in [-0.15, -0.1) is 0 Å². The number of hydrogen-bond acceptors (Lipinski definition) is 8. The molecule has 1 saturated heterocycles. The van der Waals surface area contributed by atoms with Crippen LogP contribution in [0.5, 0.6) is 34.6 Å². The first-order valence-corrected chi connectivity index (χ1v) is 15.5. The molecule has 1 fully saturated rings. The molecule has 1 aliphatic heterocycles. The number of nitrogens with zero attached hydrogens (tertiary/aromatic N) is 3. The van der Waals surface area contributed by atoms with Crippen LogP contribution >= 0.6 is 11.6 Å². The lowest BCUT2D eigenvalue weighted by Gasteiger charge is -2.16. The highest BCUT2D eigenvalue weighted by atomic mass is 35.5. The number of aromatic nitrogens is 2. The maximum atomic E-state index is 12.9. The van der Waals surface area contributed by atoms with Crippen LogP contribution in [0.2, 0.25) is 5.02 Å². The van der Waals surface area contributed by atoms with Gasteiger partial charge in [-0.1, -0.05) is 41.9 Å². The molecule has 2 N–H and O–H groups in total. The topological polar surface area (TPSA) is 107 Å². The molecule has 6 rings (SSSR count). The second-order valence-electron chi connectivity index (χ2n) is 10.7. The van der Waals surface area contributed by atoms with Gasteiger partial charge in [-0.05, 0) is 74.8 Å². The summed E-state index contributed by atoms with van der Waals surface area (Å²) in [6.07, 6.45) is 4.91. The number of benzene rings is 4. The van der Waals surface area contributed by atoms with Crippen molar-refractivity contribution in [2.75, 3.05) is 44.0 Å². The first-order valence-electron chi connectivity index (χ1n) is 15.1. The standard InChI is InChI=1S/C35H34ClN5O5/c1-43-32-21-26-30(22-33(32)44-19-9-18-41-16-7-8-17-41)37-23-38-34(26)46-25-14-15-28(27(36)20-25)39-35(42)40-29-12-5-6-13-31(29)45-24-10-3-2-4-11-24/h2-6,10-15,20-23H,7-9,16-19H2,1H3,(H2,39,40,42). The third kappa shape index (κ3) is 7.77. The Hall–Kier alpha value is -5.06. The predicted molar refractivity (Wildman–Crippen MR) is 179 cm³/mol. The largest absolute Gasteiger partial charge is 0.493 e. The Morgan fingerprint density at radius 2 is 1.61 bits per heavy atom. The SMILES string of the molecule is COc1cc2c(Oc3ccc(NC(=O)Nc4ccccc4Oc4ccccc4)c(Cl)c3)ncnc2cc1OCCCN1CCCC1. The number of nitrogens with one attached hydrogen (secondary N) is 2. The zero-order chi connectivity index (χ0) is 31.7. The number of halogens is 1. The number of hydrogen-bond donors (Lipinski definition) is 2. The average molecular weight is 640 g/mol. The van der Waals surface area contributed by atoms with Crippen molar-refractivity contribution in [2.45, 2.75) is 19.3 Å². The number of carbonyl (C=O) groups is 1. The van der Waals surface area contributed by atoms with Crippen LogP contribution in [0.1, 0.15) is 19.3 Å². The predicted octanol–water partition coefficient (Wildman–Crippen LogP) is 8.39. The summed E-state index contributed by atoms with van der Waals surface area (Å²) in [5.41, 5.74) is 1.55. The molecule has 10 nitrogen and oxygen atoms in total. The van der Waals surface area contributed by atoms with E-state index in [2.05, 4.69) is 25.5 Å². The fourth-order valence-electron chi connectivity index (χ4n) is 5.19. The summed E-state index contributed by atoms with van der Waals surface area (Å²) >= 11 is 6.55. The van der Waals surface area contributed by atoms with Gasteiger partial charge in [0, 0.05) is 18.7 Å². The molecule has 5 aromatic rings. The molecular weight excluding hydrogens is 606 g/mol. The third-order valence-electron chi connectivity index (χ3n) is 7.47. The van der Waals surface area contributed by atoms with Crippen molar-refractivity contribution in [1.29, 1.82) is 0 Å². The van der Waals surface area contributed by atoms with Gasteiger partial charge in [-0.3, -0.25) is 0 Å². The van der Waals surface area contributed by atoms with Gasteiger partial charge in [0.2, 0.25) is 5.88 Å². The molecule has 0 bridgehead atoms. The summed E-state index contributed by atoms with van der Waals surface area (Å²) in [6.45, 7) is 3.94. The molecular formula is C35H34ClN5O5. The highest BCUT2D eigenvalue weighted by molar-refractivity contribution is 6.34. The monoisotopic (exact) mass is 639 g/mol. The van der Waals surface area contributed by atoms with Crippen molar-refractivity contribution < 1.29 is 23.7 Å². The van der Waals surface area contributed by atoms with E-state index in [-0.39, 0.29) is 5.02 Å². The lowest BCUT2D eigenvalue weighted by molar-refractivity contribution is 0.254. The average Bonchev–Trinajstić information content (AvgIpc) is 3.59. The number of para-hydroxylation sites is 3. The van der Waals surface area contributed by atoms with E-state index in [4.69, 9.17) is 30.5 Å². The lowest BCUT2D eigenvalue weighted by Crippen LogP contribution is -2.21. The summed E-state index contributed by atoms with van der Waals surface area (Å²) in [5.74, 6) is 3.10. The van der Waals surface area contributed by atoms with Crippen LogP contribution in [0.15, 0.2) is 91.3 Å². The van der Waals surface area contributed by atoms with E-state index in [9.17, 15) is 4.79 Å². The van der Waals surface area contributed by atoms with Gasteiger partial charge in [0.05, 0.1) is 41.0 Å². The Morgan fingerprint density at radius 3 is 2.41 bits per heavy atom. The molecule has 11 heteroatoms. The third-order valence-corrected chi connectivity index (χ3v) is 7.78. The smallest absolute Gasteiger partial charge is 0.323 e. The van der Waals surface area contributed by atoms with Crippen LogP contribution in [-0.2, 0) is 0 Å². The Labute approximate surface area is 272 Å². The number of urea groups is 1. The molecule has 1 aromatic heterocycles. The first kappa shape index (κ1) is 30.9. The lowest BCUT2D eigenvalue weighted by atomic mass is 10.2. The van der Waals surface area contributed by atoms with E-state index in [0.717, 1.165) is 13.0 Å². The van der Waals surface area contributed by atoms with Gasteiger partial charge in [0.15, 0.2) is 17.2 Å². The molecule has 0 radical (unpaired) electrons. The van der Waals surface area contributed by atoms with Crippen molar-refractivity contribution in [3.8, 4) is 34.6 Å². The van der Waals surface area contributed by atoms with Gasteiger partial charge in [0.25, 0.3) is 0 Å². The number of ether oxygens (including phenoxy) is 4. The Bertz CT molecular complexity index is 1800. The van der Waals surface area contributed by atoms with Crippen molar-refractivity contribution >= 4 is 39.9 Å². The molecule has 0 atom stereocenters. The minimum Gasteiger partial charge on any atom is -0.493 e. The van der Waals surface area contributed by atoms with E-state index in [1.54, 1.807) is 37.4 Å². The molecule has 1 aliphatic rings. The van der Waals surface area contributed by atoms with Crippen molar-refractivity contribution in [1.82, 2.24) is 14.9 Å². The summed E-state index contributed by atoms with van der Waals surface area (Å²) in [6, 6.07) is 24.6. The first-order chi connectivity index (χ1) is 22.6. The van der Waals surface area contributed by atoms with E-state index in [1.165, 1.54) is 32.3 Å². The molecule has 0 unspecified atom stereocenters. The van der Waals surface area contributed by atoms with Gasteiger partial charge in [-0.25, -0.2) is 14.8 Å². The molecule has 46 heavy (non-hydrogen) atoms.